The first-order valence-corrected chi connectivity index (χ1v) is 12.0. The Morgan fingerprint density at radius 2 is 1.77 bits per heavy atom. The molecule has 156 valence electrons. The summed E-state index contributed by atoms with van der Waals surface area (Å²) in [6.07, 6.45) is 4.25. The zero-order valence-corrected chi connectivity index (χ0v) is 17.6. The van der Waals surface area contributed by atoms with Crippen LogP contribution in [0.3, 0.4) is 0 Å². The Bertz CT molecular complexity index is 1270. The summed E-state index contributed by atoms with van der Waals surface area (Å²) in [4.78, 5) is 18.0. The van der Waals surface area contributed by atoms with Crippen molar-refractivity contribution in [3.8, 4) is 11.3 Å². The number of hydrogen-bond acceptors (Lipinski definition) is 4. The van der Waals surface area contributed by atoms with Crippen molar-refractivity contribution >= 4 is 20.8 Å². The molecule has 2 heterocycles. The van der Waals surface area contributed by atoms with Gasteiger partial charge in [-0.2, -0.15) is 0 Å². The largest absolute Gasteiger partial charge is 0.321 e. The third-order valence-electron chi connectivity index (χ3n) is 6.23. The van der Waals surface area contributed by atoms with E-state index in [1.807, 2.05) is 30.3 Å². The highest BCUT2D eigenvalue weighted by Gasteiger charge is 2.25. The average Bonchev–Trinajstić information content (AvgIpc) is 3.13. The molecule has 0 unspecified atom stereocenters. The van der Waals surface area contributed by atoms with Crippen molar-refractivity contribution in [1.82, 2.24) is 14.6 Å². The summed E-state index contributed by atoms with van der Waals surface area (Å²) in [5, 5.41) is 1.59. The van der Waals surface area contributed by atoms with E-state index in [9.17, 15) is 13.2 Å². The number of fused-ring (bicyclic) bond motifs is 5. The first-order valence-electron chi connectivity index (χ1n) is 10.5. The van der Waals surface area contributed by atoms with Gasteiger partial charge in [0.25, 0.3) is 5.56 Å². The van der Waals surface area contributed by atoms with Crippen LogP contribution in [0.1, 0.15) is 30.4 Å². The van der Waals surface area contributed by atoms with Crippen LogP contribution in [-0.2, 0) is 16.4 Å². The van der Waals surface area contributed by atoms with Crippen LogP contribution in [-0.4, -0.2) is 44.5 Å². The highest BCUT2D eigenvalue weighted by molar-refractivity contribution is 7.89. The molecule has 0 bridgehead atoms. The predicted octanol–water partition coefficient (Wildman–Crippen LogP) is 2.86. The number of piperidine rings is 1. The zero-order valence-electron chi connectivity index (χ0n) is 16.8. The van der Waals surface area contributed by atoms with Crippen molar-refractivity contribution in [2.45, 2.75) is 30.6 Å². The summed E-state index contributed by atoms with van der Waals surface area (Å²) in [6.45, 7) is 3.25. The number of benzene rings is 2. The van der Waals surface area contributed by atoms with E-state index in [1.54, 1.807) is 12.1 Å². The van der Waals surface area contributed by atoms with E-state index in [0.717, 1.165) is 47.4 Å². The Morgan fingerprint density at radius 1 is 1.00 bits per heavy atom. The van der Waals surface area contributed by atoms with Crippen LogP contribution >= 0.6 is 0 Å². The molecule has 1 saturated heterocycles. The highest BCUT2D eigenvalue weighted by Crippen LogP contribution is 2.38. The van der Waals surface area contributed by atoms with Gasteiger partial charge in [-0.1, -0.05) is 30.7 Å². The summed E-state index contributed by atoms with van der Waals surface area (Å²) in [6, 6.07) is 12.7. The molecule has 1 aliphatic heterocycles. The molecule has 6 nitrogen and oxygen atoms in total. The molecule has 1 fully saturated rings. The molecule has 2 aliphatic rings. The third-order valence-corrected chi connectivity index (χ3v) is 7.69. The number of sulfonamides is 1. The van der Waals surface area contributed by atoms with Crippen LogP contribution in [0.5, 0.6) is 0 Å². The van der Waals surface area contributed by atoms with Gasteiger partial charge >= 0.3 is 0 Å². The minimum atomic E-state index is -3.57. The quantitative estimate of drug-likeness (QED) is 0.517. The summed E-state index contributed by atoms with van der Waals surface area (Å²) in [5.74, 6) is 0. The fourth-order valence-electron chi connectivity index (χ4n) is 4.67. The number of nitrogens with one attached hydrogen (secondary N) is 2. The Balaban J connectivity index is 1.39. The molecule has 3 aromatic rings. The minimum absolute atomic E-state index is 0.117. The summed E-state index contributed by atoms with van der Waals surface area (Å²) in [7, 11) is -3.57. The van der Waals surface area contributed by atoms with E-state index >= 15 is 0 Å². The van der Waals surface area contributed by atoms with Crippen molar-refractivity contribution in [3.63, 3.8) is 0 Å². The molecular formula is C23H25N3O3S. The molecule has 1 aromatic heterocycles. The summed E-state index contributed by atoms with van der Waals surface area (Å²) < 4.78 is 28.4. The molecule has 0 atom stereocenters. The maximum Gasteiger partial charge on any atom is 0.256 e. The van der Waals surface area contributed by atoms with Crippen LogP contribution in [0.25, 0.3) is 22.0 Å². The molecular weight excluding hydrogens is 398 g/mol. The lowest BCUT2D eigenvalue weighted by atomic mass is 10.0. The van der Waals surface area contributed by atoms with Crippen LogP contribution in [0.4, 0.5) is 0 Å². The summed E-state index contributed by atoms with van der Waals surface area (Å²) >= 11 is 0. The maximum absolute atomic E-state index is 12.8. The number of aromatic amines is 1. The van der Waals surface area contributed by atoms with Crippen LogP contribution in [0.15, 0.2) is 52.2 Å². The Morgan fingerprint density at radius 3 is 2.57 bits per heavy atom. The minimum Gasteiger partial charge on any atom is -0.321 e. The van der Waals surface area contributed by atoms with E-state index in [2.05, 4.69) is 14.6 Å². The number of nitrogens with zero attached hydrogens (tertiary/aromatic N) is 1. The normalized spacial score (nSPS) is 16.5. The van der Waals surface area contributed by atoms with E-state index in [0.29, 0.717) is 18.4 Å². The summed E-state index contributed by atoms with van der Waals surface area (Å²) in [5.41, 5.74) is 3.56. The van der Waals surface area contributed by atoms with Gasteiger partial charge < -0.3 is 9.88 Å². The lowest BCUT2D eigenvalue weighted by Crippen LogP contribution is -2.37. The average molecular weight is 424 g/mol. The predicted molar refractivity (Wildman–Crippen MR) is 118 cm³/mol. The lowest BCUT2D eigenvalue weighted by Gasteiger charge is -2.26. The van der Waals surface area contributed by atoms with Crippen molar-refractivity contribution in [2.75, 3.05) is 26.2 Å². The number of pyridine rings is 1. The number of H-pyrrole nitrogens is 1. The van der Waals surface area contributed by atoms with E-state index < -0.39 is 10.0 Å². The fourth-order valence-corrected chi connectivity index (χ4v) is 5.74. The number of aromatic nitrogens is 1. The van der Waals surface area contributed by atoms with Crippen LogP contribution in [0, 0.1) is 0 Å². The molecule has 0 spiro atoms. The first kappa shape index (κ1) is 19.5. The third kappa shape index (κ3) is 3.47. The number of hydrogen-bond donors (Lipinski definition) is 2. The van der Waals surface area contributed by atoms with Crippen molar-refractivity contribution in [2.24, 2.45) is 0 Å². The van der Waals surface area contributed by atoms with Gasteiger partial charge in [0.15, 0.2) is 0 Å². The lowest BCUT2D eigenvalue weighted by molar-refractivity contribution is 0.233. The Labute approximate surface area is 176 Å². The SMILES string of the molecule is O=c1[nH]c2c(c3ccccc13)Cc1cc(S(=O)(=O)NCCN3CCCCC3)ccc1-2. The molecule has 0 amide bonds. The second kappa shape index (κ2) is 7.65. The Hall–Kier alpha value is -2.48. The van der Waals surface area contributed by atoms with Crippen LogP contribution < -0.4 is 10.3 Å². The fraction of sp³-hybridized carbons (Fsp3) is 0.348. The molecule has 2 aromatic carbocycles. The molecule has 0 saturated carbocycles. The standard InChI is InChI=1S/C23H25N3O3S/c27-23-20-7-3-2-6-19(20)21-15-16-14-17(8-9-18(16)22(21)25-23)30(28,29)24-10-13-26-11-4-1-5-12-26/h2-3,6-9,14,24H,1,4-5,10-13,15H2,(H,25,27). The molecule has 0 radical (unpaired) electrons. The Kier molecular flexibility index (Phi) is 4.97. The second-order valence-corrected chi connectivity index (χ2v) is 9.92. The maximum atomic E-state index is 12.8. The molecule has 1 aliphatic carbocycles. The second-order valence-electron chi connectivity index (χ2n) is 8.15. The smallest absolute Gasteiger partial charge is 0.256 e. The number of rotatable bonds is 5. The van der Waals surface area contributed by atoms with Gasteiger partial charge in [-0.25, -0.2) is 13.1 Å². The van der Waals surface area contributed by atoms with Gasteiger partial charge in [0.05, 0.1) is 10.6 Å². The number of likely N-dealkylation sites (tertiary alicyclic amines) is 1. The van der Waals surface area contributed by atoms with Gasteiger partial charge in [-0.15, -0.1) is 0 Å². The zero-order chi connectivity index (χ0) is 20.7. The molecule has 7 heteroatoms. The molecule has 5 rings (SSSR count). The van der Waals surface area contributed by atoms with Crippen molar-refractivity contribution in [3.05, 3.63) is 63.9 Å². The highest BCUT2D eigenvalue weighted by atomic mass is 32.2. The van der Waals surface area contributed by atoms with Gasteiger partial charge in [0.2, 0.25) is 10.0 Å². The van der Waals surface area contributed by atoms with Gasteiger partial charge in [-0.3, -0.25) is 4.79 Å². The van der Waals surface area contributed by atoms with E-state index in [1.165, 1.54) is 19.3 Å². The molecule has 2 N–H and O–H groups in total. The van der Waals surface area contributed by atoms with Gasteiger partial charge in [0, 0.05) is 30.5 Å². The van der Waals surface area contributed by atoms with Crippen molar-refractivity contribution in [1.29, 1.82) is 0 Å². The molecule has 30 heavy (non-hydrogen) atoms. The van der Waals surface area contributed by atoms with Crippen LogP contribution in [0.2, 0.25) is 0 Å². The van der Waals surface area contributed by atoms with Gasteiger partial charge in [-0.05, 0) is 60.6 Å². The van der Waals surface area contributed by atoms with E-state index in [-0.39, 0.29) is 10.5 Å². The van der Waals surface area contributed by atoms with E-state index in [4.69, 9.17) is 0 Å². The monoisotopic (exact) mass is 423 g/mol. The van der Waals surface area contributed by atoms with Crippen molar-refractivity contribution < 1.29 is 8.42 Å². The van der Waals surface area contributed by atoms with Gasteiger partial charge in [0.1, 0.15) is 0 Å². The first-order chi connectivity index (χ1) is 14.5. The topological polar surface area (TPSA) is 82.3 Å².